The monoisotopic (exact) mass is 321 g/mol. The van der Waals surface area contributed by atoms with Crippen LogP contribution in [-0.4, -0.2) is 36.9 Å². The van der Waals surface area contributed by atoms with E-state index in [1.165, 1.54) is 0 Å². The molecule has 7 heteroatoms. The smallest absolute Gasteiger partial charge is 0.276 e. The van der Waals surface area contributed by atoms with E-state index in [0.29, 0.717) is 10.7 Å². The van der Waals surface area contributed by atoms with Crippen molar-refractivity contribution in [2.24, 2.45) is 14.1 Å². The van der Waals surface area contributed by atoms with Crippen molar-refractivity contribution >= 4 is 17.5 Å². The molecule has 1 fully saturated rings. The standard InChI is InChI=1S/C15H20ClN5O/c1-19-9-11(8-17-19)13-6-4-3-5-7-21(13)15(22)14-12(16)10-20(2)18-14/h8-10,13H,3-7H2,1-2H3/t13-/m0/s1. The molecule has 0 aromatic carbocycles. The number of hydrogen-bond donors (Lipinski definition) is 0. The van der Waals surface area contributed by atoms with Crippen LogP contribution < -0.4 is 0 Å². The zero-order valence-electron chi connectivity index (χ0n) is 12.9. The minimum atomic E-state index is -0.0960. The second kappa shape index (κ2) is 6.12. The van der Waals surface area contributed by atoms with Crippen molar-refractivity contribution in [2.75, 3.05) is 6.54 Å². The molecule has 0 radical (unpaired) electrons. The van der Waals surface area contributed by atoms with Crippen LogP contribution in [0.2, 0.25) is 5.02 Å². The Morgan fingerprint density at radius 1 is 1.23 bits per heavy atom. The molecule has 3 rings (SSSR count). The molecule has 0 unspecified atom stereocenters. The summed E-state index contributed by atoms with van der Waals surface area (Å²) in [6.07, 6.45) is 9.68. The number of amides is 1. The maximum atomic E-state index is 12.9. The highest BCUT2D eigenvalue weighted by atomic mass is 35.5. The summed E-state index contributed by atoms with van der Waals surface area (Å²) in [6, 6.07) is 0.0433. The first-order chi connectivity index (χ1) is 10.6. The van der Waals surface area contributed by atoms with Crippen molar-refractivity contribution in [2.45, 2.75) is 31.7 Å². The highest BCUT2D eigenvalue weighted by Gasteiger charge is 2.30. The molecule has 1 saturated heterocycles. The third kappa shape index (κ3) is 2.88. The Balaban J connectivity index is 1.93. The van der Waals surface area contributed by atoms with Crippen molar-refractivity contribution in [3.8, 4) is 0 Å². The van der Waals surface area contributed by atoms with E-state index in [9.17, 15) is 4.79 Å². The Morgan fingerprint density at radius 2 is 2.05 bits per heavy atom. The van der Waals surface area contributed by atoms with Crippen molar-refractivity contribution < 1.29 is 4.79 Å². The van der Waals surface area contributed by atoms with Gasteiger partial charge >= 0.3 is 0 Å². The molecular formula is C15H20ClN5O. The predicted molar refractivity (Wildman–Crippen MR) is 83.7 cm³/mol. The van der Waals surface area contributed by atoms with Gasteiger partial charge in [-0.15, -0.1) is 0 Å². The van der Waals surface area contributed by atoms with E-state index < -0.39 is 0 Å². The number of aryl methyl sites for hydroxylation is 2. The molecule has 1 amide bonds. The van der Waals surface area contributed by atoms with Gasteiger partial charge < -0.3 is 4.90 Å². The quantitative estimate of drug-likeness (QED) is 0.854. The lowest BCUT2D eigenvalue weighted by Crippen LogP contribution is -2.35. The molecule has 0 bridgehead atoms. The minimum Gasteiger partial charge on any atom is -0.330 e. The topological polar surface area (TPSA) is 56.0 Å². The third-order valence-corrected chi connectivity index (χ3v) is 4.39. The summed E-state index contributed by atoms with van der Waals surface area (Å²) in [5.74, 6) is -0.0960. The molecule has 2 aromatic heterocycles. The second-order valence-corrected chi connectivity index (χ2v) is 6.22. The maximum Gasteiger partial charge on any atom is 0.276 e. The number of hydrogen-bond acceptors (Lipinski definition) is 3. The molecule has 0 spiro atoms. The Bertz CT molecular complexity index is 677. The largest absolute Gasteiger partial charge is 0.330 e. The van der Waals surface area contributed by atoms with Crippen molar-refractivity contribution in [3.05, 3.63) is 34.9 Å². The van der Waals surface area contributed by atoms with Gasteiger partial charge in [0.25, 0.3) is 5.91 Å². The van der Waals surface area contributed by atoms with Gasteiger partial charge in [0.2, 0.25) is 0 Å². The van der Waals surface area contributed by atoms with Crippen molar-refractivity contribution in [1.82, 2.24) is 24.5 Å². The van der Waals surface area contributed by atoms with Gasteiger partial charge in [0, 0.05) is 38.6 Å². The normalized spacial score (nSPS) is 19.2. The number of halogens is 1. The van der Waals surface area contributed by atoms with Gasteiger partial charge in [-0.2, -0.15) is 10.2 Å². The molecule has 3 heterocycles. The lowest BCUT2D eigenvalue weighted by molar-refractivity contribution is 0.0674. The van der Waals surface area contributed by atoms with Gasteiger partial charge in [-0.05, 0) is 12.8 Å². The van der Waals surface area contributed by atoms with Gasteiger partial charge in [-0.3, -0.25) is 14.2 Å². The van der Waals surface area contributed by atoms with Crippen LogP contribution in [0, 0.1) is 0 Å². The number of rotatable bonds is 2. The number of aromatic nitrogens is 4. The Morgan fingerprint density at radius 3 is 2.68 bits per heavy atom. The number of carbonyl (C=O) groups is 1. The number of nitrogens with zero attached hydrogens (tertiary/aromatic N) is 5. The molecule has 0 N–H and O–H groups in total. The van der Waals surface area contributed by atoms with Gasteiger partial charge in [0.05, 0.1) is 17.3 Å². The maximum absolute atomic E-state index is 12.9. The molecule has 0 aliphatic carbocycles. The van der Waals surface area contributed by atoms with Crippen molar-refractivity contribution in [3.63, 3.8) is 0 Å². The van der Waals surface area contributed by atoms with Crippen LogP contribution in [-0.2, 0) is 14.1 Å². The molecule has 0 saturated carbocycles. The van der Waals surface area contributed by atoms with Crippen molar-refractivity contribution in [1.29, 1.82) is 0 Å². The Kier molecular flexibility index (Phi) is 4.20. The summed E-state index contributed by atoms with van der Waals surface area (Å²) in [5, 5.41) is 8.87. The Labute approximate surface area is 134 Å². The van der Waals surface area contributed by atoms with E-state index >= 15 is 0 Å². The molecule has 1 atom stereocenters. The van der Waals surface area contributed by atoms with E-state index in [0.717, 1.165) is 37.8 Å². The van der Waals surface area contributed by atoms with E-state index in [-0.39, 0.29) is 11.9 Å². The first-order valence-corrected chi connectivity index (χ1v) is 7.92. The first-order valence-electron chi connectivity index (χ1n) is 7.55. The highest BCUT2D eigenvalue weighted by molar-refractivity contribution is 6.33. The fourth-order valence-corrected chi connectivity index (χ4v) is 3.31. The summed E-state index contributed by atoms with van der Waals surface area (Å²) < 4.78 is 3.35. The second-order valence-electron chi connectivity index (χ2n) is 5.81. The van der Waals surface area contributed by atoms with E-state index in [4.69, 9.17) is 11.6 Å². The van der Waals surface area contributed by atoms with E-state index in [1.54, 1.807) is 22.6 Å². The average Bonchev–Trinajstić information content (AvgIpc) is 2.95. The SMILES string of the molecule is Cn1cc([C@@H]2CCCCCN2C(=O)c2nn(C)cc2Cl)cn1. The number of carbonyl (C=O) groups excluding carboxylic acids is 1. The fraction of sp³-hybridized carbons (Fsp3) is 0.533. The summed E-state index contributed by atoms with van der Waals surface area (Å²) >= 11 is 6.15. The van der Waals surface area contributed by atoms with Crippen LogP contribution in [0.25, 0.3) is 0 Å². The fourth-order valence-electron chi connectivity index (χ4n) is 3.05. The number of likely N-dealkylation sites (tertiary alicyclic amines) is 1. The average molecular weight is 322 g/mol. The van der Waals surface area contributed by atoms with E-state index in [2.05, 4.69) is 10.2 Å². The van der Waals surface area contributed by atoms with Crippen LogP contribution >= 0.6 is 11.6 Å². The summed E-state index contributed by atoms with van der Waals surface area (Å²) in [5.41, 5.74) is 1.41. The van der Waals surface area contributed by atoms with Gasteiger partial charge in [-0.25, -0.2) is 0 Å². The summed E-state index contributed by atoms with van der Waals surface area (Å²) in [7, 11) is 3.66. The molecular weight excluding hydrogens is 302 g/mol. The van der Waals surface area contributed by atoms with Crippen LogP contribution in [0.1, 0.15) is 47.8 Å². The Hall–Kier alpha value is -1.82. The highest BCUT2D eigenvalue weighted by Crippen LogP contribution is 2.31. The van der Waals surface area contributed by atoms with Crippen LogP contribution in [0.15, 0.2) is 18.6 Å². The van der Waals surface area contributed by atoms with Crippen LogP contribution in [0.3, 0.4) is 0 Å². The lowest BCUT2D eigenvalue weighted by Gasteiger charge is -2.29. The third-order valence-electron chi connectivity index (χ3n) is 4.11. The van der Waals surface area contributed by atoms with Gasteiger partial charge in [-0.1, -0.05) is 24.4 Å². The minimum absolute atomic E-state index is 0.0433. The molecule has 1 aliphatic heterocycles. The van der Waals surface area contributed by atoms with Crippen LogP contribution in [0.5, 0.6) is 0 Å². The molecule has 22 heavy (non-hydrogen) atoms. The van der Waals surface area contributed by atoms with Crippen LogP contribution in [0.4, 0.5) is 0 Å². The van der Waals surface area contributed by atoms with Gasteiger partial charge in [0.1, 0.15) is 0 Å². The first kappa shape index (κ1) is 15.1. The summed E-state index contributed by atoms with van der Waals surface area (Å²) in [6.45, 7) is 0.727. The zero-order chi connectivity index (χ0) is 15.7. The van der Waals surface area contributed by atoms with Gasteiger partial charge in [0.15, 0.2) is 5.69 Å². The zero-order valence-corrected chi connectivity index (χ0v) is 13.6. The molecule has 2 aromatic rings. The summed E-state index contributed by atoms with van der Waals surface area (Å²) in [4.78, 5) is 14.8. The lowest BCUT2D eigenvalue weighted by atomic mass is 10.0. The van der Waals surface area contributed by atoms with E-state index in [1.807, 2.05) is 24.3 Å². The predicted octanol–water partition coefficient (Wildman–Crippen LogP) is 2.56. The molecule has 118 valence electrons. The molecule has 1 aliphatic rings. The molecule has 6 nitrogen and oxygen atoms in total.